The zero-order valence-electron chi connectivity index (χ0n) is 41.7. The highest BCUT2D eigenvalue weighted by molar-refractivity contribution is 6.06. The van der Waals surface area contributed by atoms with Crippen LogP contribution < -0.4 is 9.80 Å². The van der Waals surface area contributed by atoms with Crippen molar-refractivity contribution >= 4 is 66.4 Å². The predicted octanol–water partition coefficient (Wildman–Crippen LogP) is 19.9. The quantitative estimate of drug-likeness (QED) is 0.128. The van der Waals surface area contributed by atoms with E-state index in [0.29, 0.717) is 0 Å². The lowest BCUT2D eigenvalue weighted by molar-refractivity contribution is 0.490. The standard InChI is InChI=1S/C70H58N2/c1-5-69(6-2)64-28-15-13-23-59(64)61-41-39-55(45-66(61)69)71(53-37-31-47-19-9-11-21-50(47)43-53)52-35-33-49(34-36-52)57-25-17-27-63-58(57)26-18-30-68(63)72(54-38-32-48-20-10-12-22-51(48)44-54)56-40-42-62-60-24-14-16-29-65(60)70(7-3,8-4)67(62)46-56/h9-46H,5-8H2,1-4H3. The predicted molar refractivity (Wildman–Crippen MR) is 307 cm³/mol. The van der Waals surface area contributed by atoms with Gasteiger partial charge < -0.3 is 9.80 Å². The summed E-state index contributed by atoms with van der Waals surface area (Å²) in [7, 11) is 0. The van der Waals surface area contributed by atoms with Crippen LogP contribution in [-0.2, 0) is 10.8 Å². The van der Waals surface area contributed by atoms with Gasteiger partial charge in [-0.3, -0.25) is 0 Å². The molecule has 0 aromatic heterocycles. The van der Waals surface area contributed by atoms with Crippen LogP contribution in [0.3, 0.4) is 0 Å². The van der Waals surface area contributed by atoms with Crippen LogP contribution >= 0.6 is 0 Å². The Morgan fingerprint density at radius 2 is 0.681 bits per heavy atom. The molecule has 0 bridgehead atoms. The second-order valence-electron chi connectivity index (χ2n) is 20.1. The summed E-state index contributed by atoms with van der Waals surface area (Å²) in [6.07, 6.45) is 4.19. The fraction of sp³-hybridized carbons (Fsp3) is 0.143. The van der Waals surface area contributed by atoms with Crippen molar-refractivity contribution in [3.8, 4) is 33.4 Å². The summed E-state index contributed by atoms with van der Waals surface area (Å²) in [5, 5.41) is 7.36. The van der Waals surface area contributed by atoms with E-state index in [2.05, 4.69) is 268 Å². The summed E-state index contributed by atoms with van der Waals surface area (Å²) in [5.41, 5.74) is 20.5. The van der Waals surface area contributed by atoms with Gasteiger partial charge in [0, 0.05) is 44.7 Å². The van der Waals surface area contributed by atoms with Crippen molar-refractivity contribution in [1.82, 2.24) is 0 Å². The summed E-state index contributed by atoms with van der Waals surface area (Å²) in [6.45, 7) is 9.43. The first-order chi connectivity index (χ1) is 35.5. The van der Waals surface area contributed by atoms with E-state index in [1.807, 2.05) is 0 Å². The fourth-order valence-electron chi connectivity index (χ4n) is 13.2. The van der Waals surface area contributed by atoms with Crippen LogP contribution in [0, 0.1) is 0 Å². The highest BCUT2D eigenvalue weighted by Crippen LogP contribution is 2.56. The molecule has 0 radical (unpaired) electrons. The van der Waals surface area contributed by atoms with Crippen molar-refractivity contribution in [2.24, 2.45) is 0 Å². The van der Waals surface area contributed by atoms with Crippen LogP contribution in [-0.4, -0.2) is 0 Å². The van der Waals surface area contributed by atoms with Crippen LogP contribution in [0.15, 0.2) is 231 Å². The Bertz CT molecular complexity index is 3890. The van der Waals surface area contributed by atoms with Gasteiger partial charge in [-0.05, 0) is 175 Å². The van der Waals surface area contributed by atoms with Crippen LogP contribution in [0.2, 0.25) is 0 Å². The molecular weight excluding hydrogens is 869 g/mol. The van der Waals surface area contributed by atoms with E-state index in [4.69, 9.17) is 0 Å². The second-order valence-corrected chi connectivity index (χ2v) is 20.1. The number of rotatable bonds is 11. The van der Waals surface area contributed by atoms with Crippen LogP contribution in [0.25, 0.3) is 65.7 Å². The maximum Gasteiger partial charge on any atom is 0.0540 e. The van der Waals surface area contributed by atoms with E-state index in [0.717, 1.165) is 48.4 Å². The van der Waals surface area contributed by atoms with E-state index >= 15 is 0 Å². The van der Waals surface area contributed by atoms with E-state index in [9.17, 15) is 0 Å². The minimum atomic E-state index is -0.0407. The smallest absolute Gasteiger partial charge is 0.0540 e. The molecule has 0 amide bonds. The summed E-state index contributed by atoms with van der Waals surface area (Å²) in [5.74, 6) is 0. The Labute approximate surface area is 424 Å². The summed E-state index contributed by atoms with van der Waals surface area (Å²) < 4.78 is 0. The van der Waals surface area contributed by atoms with Crippen molar-refractivity contribution in [3.63, 3.8) is 0 Å². The first-order valence-electron chi connectivity index (χ1n) is 26.2. The van der Waals surface area contributed by atoms with Gasteiger partial charge in [0.25, 0.3) is 0 Å². The SMILES string of the molecule is CCC1(CC)c2ccccc2-c2ccc(N(c3ccc(-c4cccc5c(N(c6ccc7c(c6)C(CC)(CC)c6ccccc6-7)c6ccc7ccccc7c6)cccc45)cc3)c3ccc4ccccc4c3)cc21. The molecule has 0 fully saturated rings. The van der Waals surface area contributed by atoms with E-state index in [1.165, 1.54) is 99.3 Å². The Balaban J connectivity index is 0.940. The van der Waals surface area contributed by atoms with E-state index in [1.54, 1.807) is 0 Å². The highest BCUT2D eigenvalue weighted by Gasteiger charge is 2.42. The van der Waals surface area contributed by atoms with Crippen molar-refractivity contribution in [2.45, 2.75) is 64.2 Å². The van der Waals surface area contributed by atoms with Crippen LogP contribution in [0.4, 0.5) is 34.1 Å². The second kappa shape index (κ2) is 17.3. The van der Waals surface area contributed by atoms with Crippen molar-refractivity contribution in [3.05, 3.63) is 253 Å². The molecule has 0 aliphatic heterocycles. The van der Waals surface area contributed by atoms with Gasteiger partial charge in [0.05, 0.1) is 5.69 Å². The Hall–Kier alpha value is -8.20. The zero-order valence-corrected chi connectivity index (χ0v) is 41.7. The first-order valence-corrected chi connectivity index (χ1v) is 26.2. The van der Waals surface area contributed by atoms with Gasteiger partial charge in [-0.2, -0.15) is 0 Å². The first kappa shape index (κ1) is 43.8. The summed E-state index contributed by atoms with van der Waals surface area (Å²) >= 11 is 0. The maximum absolute atomic E-state index is 2.50. The molecule has 2 aliphatic rings. The number of benzene rings is 11. The summed E-state index contributed by atoms with van der Waals surface area (Å²) in [4.78, 5) is 4.96. The van der Waals surface area contributed by atoms with Crippen molar-refractivity contribution in [1.29, 1.82) is 0 Å². The van der Waals surface area contributed by atoms with Crippen LogP contribution in [0.5, 0.6) is 0 Å². The van der Waals surface area contributed by atoms with Gasteiger partial charge in [-0.15, -0.1) is 0 Å². The molecule has 2 aliphatic carbocycles. The third-order valence-electron chi connectivity index (χ3n) is 17.0. The number of hydrogen-bond donors (Lipinski definition) is 0. The lowest BCUT2D eigenvalue weighted by Gasteiger charge is -2.32. The molecule has 348 valence electrons. The number of hydrogen-bond acceptors (Lipinski definition) is 2. The molecule has 72 heavy (non-hydrogen) atoms. The third-order valence-corrected chi connectivity index (χ3v) is 17.0. The summed E-state index contributed by atoms with van der Waals surface area (Å²) in [6, 6.07) is 86.8. The molecule has 2 nitrogen and oxygen atoms in total. The van der Waals surface area contributed by atoms with Gasteiger partial charge >= 0.3 is 0 Å². The number of fused-ring (bicyclic) bond motifs is 9. The zero-order chi connectivity index (χ0) is 48.6. The molecule has 11 aromatic rings. The van der Waals surface area contributed by atoms with E-state index < -0.39 is 0 Å². The van der Waals surface area contributed by atoms with Crippen molar-refractivity contribution in [2.75, 3.05) is 9.80 Å². The molecule has 0 saturated heterocycles. The fourth-order valence-corrected chi connectivity index (χ4v) is 13.2. The van der Waals surface area contributed by atoms with Crippen LogP contribution in [0.1, 0.15) is 75.6 Å². The Morgan fingerprint density at radius 1 is 0.278 bits per heavy atom. The number of anilines is 6. The lowest BCUT2D eigenvalue weighted by Crippen LogP contribution is -2.23. The molecule has 0 spiro atoms. The van der Waals surface area contributed by atoms with Gasteiger partial charge in [-0.25, -0.2) is 0 Å². The topological polar surface area (TPSA) is 6.48 Å². The molecular formula is C70H58N2. The largest absolute Gasteiger partial charge is 0.310 e. The average Bonchev–Trinajstić information content (AvgIpc) is 3.89. The normalized spacial score (nSPS) is 13.7. The number of nitrogens with zero attached hydrogens (tertiary/aromatic N) is 2. The minimum absolute atomic E-state index is 0.0278. The van der Waals surface area contributed by atoms with Gasteiger partial charge in [0.2, 0.25) is 0 Å². The third kappa shape index (κ3) is 6.62. The molecule has 2 heteroatoms. The maximum atomic E-state index is 2.50. The molecule has 0 heterocycles. The highest BCUT2D eigenvalue weighted by atomic mass is 15.1. The van der Waals surface area contributed by atoms with Gasteiger partial charge in [0.1, 0.15) is 0 Å². The molecule has 11 aromatic carbocycles. The van der Waals surface area contributed by atoms with E-state index in [-0.39, 0.29) is 10.8 Å². The average molecular weight is 927 g/mol. The van der Waals surface area contributed by atoms with Gasteiger partial charge in [-0.1, -0.05) is 191 Å². The molecule has 0 atom stereocenters. The molecule has 0 saturated carbocycles. The minimum Gasteiger partial charge on any atom is -0.310 e. The van der Waals surface area contributed by atoms with Gasteiger partial charge in [0.15, 0.2) is 0 Å². The Morgan fingerprint density at radius 3 is 1.24 bits per heavy atom. The Kier molecular flexibility index (Phi) is 10.5. The monoisotopic (exact) mass is 926 g/mol. The lowest BCUT2D eigenvalue weighted by atomic mass is 9.74. The van der Waals surface area contributed by atoms with Crippen molar-refractivity contribution < 1.29 is 0 Å². The molecule has 13 rings (SSSR count). The molecule has 0 unspecified atom stereocenters. The molecule has 0 N–H and O–H groups in total.